The van der Waals surface area contributed by atoms with Crippen molar-refractivity contribution < 1.29 is 13.6 Å². The van der Waals surface area contributed by atoms with Crippen LogP contribution < -0.4 is 5.56 Å². The summed E-state index contributed by atoms with van der Waals surface area (Å²) in [5.74, 6) is -0.164. The molecule has 1 aromatic heterocycles. The fraction of sp³-hybridized carbons (Fsp3) is 0.217. The van der Waals surface area contributed by atoms with E-state index >= 15 is 0 Å². The molecule has 0 bridgehead atoms. The molecule has 7 heteroatoms. The van der Waals surface area contributed by atoms with Crippen LogP contribution in [-0.4, -0.2) is 30.2 Å². The number of aromatic nitrogens is 1. The van der Waals surface area contributed by atoms with Gasteiger partial charge in [-0.2, -0.15) is 0 Å². The Hall–Kier alpha value is -3.19. The quantitative estimate of drug-likeness (QED) is 0.373. The lowest BCUT2D eigenvalue weighted by Crippen LogP contribution is -2.18. The molecule has 3 aromatic rings. The van der Waals surface area contributed by atoms with Gasteiger partial charge < -0.3 is 9.77 Å². The molecule has 0 amide bonds. The van der Waals surface area contributed by atoms with E-state index in [-0.39, 0.29) is 16.4 Å². The van der Waals surface area contributed by atoms with E-state index in [9.17, 15) is 18.4 Å². The van der Waals surface area contributed by atoms with E-state index in [1.165, 1.54) is 16.9 Å². The molecule has 0 aliphatic rings. The maximum Gasteiger partial charge on any atom is 0.250 e. The predicted octanol–water partition coefficient (Wildman–Crippen LogP) is 3.50. The van der Waals surface area contributed by atoms with Gasteiger partial charge in [-0.1, -0.05) is 41.6 Å². The minimum Gasteiger partial charge on any atom is -0.411 e. The van der Waals surface area contributed by atoms with E-state index in [0.29, 0.717) is 17.7 Å². The first-order valence-corrected chi connectivity index (χ1v) is 11.3. The van der Waals surface area contributed by atoms with Crippen molar-refractivity contribution in [2.45, 2.75) is 24.2 Å². The standard InChI is InChI=1S/C23H24N2O4S/c1-16-6-4-5-7-20(16)21(17-8-11-19(12-9-17)30(3,28)29)14-22(24-27)18-10-13-23(26)25(2)15-18/h4-13,15,21,27H,14H2,1-3H3/b24-22+. The van der Waals surface area contributed by atoms with Crippen LogP contribution in [0.2, 0.25) is 0 Å². The van der Waals surface area contributed by atoms with Crippen LogP contribution in [0.4, 0.5) is 0 Å². The summed E-state index contributed by atoms with van der Waals surface area (Å²) in [6, 6.07) is 17.8. The highest BCUT2D eigenvalue weighted by Crippen LogP contribution is 2.32. The van der Waals surface area contributed by atoms with E-state index in [4.69, 9.17) is 0 Å². The van der Waals surface area contributed by atoms with Gasteiger partial charge >= 0.3 is 0 Å². The van der Waals surface area contributed by atoms with Crippen molar-refractivity contribution in [3.8, 4) is 0 Å². The zero-order valence-corrected chi connectivity index (χ0v) is 17.9. The van der Waals surface area contributed by atoms with E-state index in [1.807, 2.05) is 31.2 Å². The van der Waals surface area contributed by atoms with Gasteiger partial charge in [-0.3, -0.25) is 4.79 Å². The Morgan fingerprint density at radius 1 is 1.07 bits per heavy atom. The fourth-order valence-electron chi connectivity index (χ4n) is 3.51. The zero-order chi connectivity index (χ0) is 21.9. The van der Waals surface area contributed by atoms with Gasteiger partial charge in [0, 0.05) is 43.5 Å². The van der Waals surface area contributed by atoms with Gasteiger partial charge in [0.15, 0.2) is 9.84 Å². The van der Waals surface area contributed by atoms with Crippen LogP contribution in [0.3, 0.4) is 0 Å². The lowest BCUT2D eigenvalue weighted by Gasteiger charge is -2.21. The SMILES string of the molecule is Cc1ccccc1C(C/C(=N\O)c1ccc(=O)n(C)c1)c1ccc(S(C)(=O)=O)cc1. The Bertz CT molecular complexity index is 1240. The van der Waals surface area contributed by atoms with Gasteiger partial charge in [0.05, 0.1) is 10.6 Å². The highest BCUT2D eigenvalue weighted by Gasteiger charge is 2.21. The zero-order valence-electron chi connectivity index (χ0n) is 17.1. The van der Waals surface area contributed by atoms with Gasteiger partial charge in [-0.25, -0.2) is 8.42 Å². The minimum atomic E-state index is -3.29. The van der Waals surface area contributed by atoms with Gasteiger partial charge in [-0.05, 0) is 41.8 Å². The summed E-state index contributed by atoms with van der Waals surface area (Å²) < 4.78 is 25.1. The van der Waals surface area contributed by atoms with Gasteiger partial charge in [0.2, 0.25) is 5.56 Å². The maximum absolute atomic E-state index is 11.8. The molecule has 3 rings (SSSR count). The lowest BCUT2D eigenvalue weighted by atomic mass is 9.83. The number of hydrogen-bond acceptors (Lipinski definition) is 5. The molecular formula is C23H24N2O4S. The van der Waals surface area contributed by atoms with Crippen LogP contribution in [0.5, 0.6) is 0 Å². The number of aryl methyl sites for hydroxylation is 2. The third kappa shape index (κ3) is 4.68. The molecule has 30 heavy (non-hydrogen) atoms. The Kier molecular flexibility index (Phi) is 6.22. The number of sulfone groups is 1. The van der Waals surface area contributed by atoms with E-state index < -0.39 is 9.84 Å². The summed E-state index contributed by atoms with van der Waals surface area (Å²) in [4.78, 5) is 12.0. The predicted molar refractivity (Wildman–Crippen MR) is 117 cm³/mol. The van der Waals surface area contributed by atoms with Crippen molar-refractivity contribution in [1.29, 1.82) is 0 Å². The number of oxime groups is 1. The summed E-state index contributed by atoms with van der Waals surface area (Å²) >= 11 is 0. The van der Waals surface area contributed by atoms with Gasteiger partial charge in [0.25, 0.3) is 0 Å². The Labute approximate surface area is 176 Å². The number of pyridine rings is 1. The summed E-state index contributed by atoms with van der Waals surface area (Å²) in [5.41, 5.74) is 3.96. The molecule has 0 fully saturated rings. The molecule has 0 saturated heterocycles. The molecule has 1 atom stereocenters. The third-order valence-corrected chi connectivity index (χ3v) is 6.34. The second-order valence-corrected chi connectivity index (χ2v) is 9.38. The first-order valence-electron chi connectivity index (χ1n) is 9.44. The van der Waals surface area contributed by atoms with Gasteiger partial charge in [-0.15, -0.1) is 0 Å². The maximum atomic E-state index is 11.8. The van der Waals surface area contributed by atoms with Crippen LogP contribution in [0.1, 0.15) is 34.6 Å². The van der Waals surface area contributed by atoms with Crippen molar-refractivity contribution in [2.75, 3.05) is 6.26 Å². The molecule has 0 saturated carbocycles. The summed E-state index contributed by atoms with van der Waals surface area (Å²) in [7, 11) is -1.65. The van der Waals surface area contributed by atoms with Crippen LogP contribution in [0.15, 0.2) is 81.7 Å². The Morgan fingerprint density at radius 2 is 1.73 bits per heavy atom. The highest BCUT2D eigenvalue weighted by molar-refractivity contribution is 7.90. The average molecular weight is 425 g/mol. The second-order valence-electron chi connectivity index (χ2n) is 7.37. The van der Waals surface area contributed by atoms with Crippen molar-refractivity contribution in [1.82, 2.24) is 4.57 Å². The van der Waals surface area contributed by atoms with Crippen LogP contribution in [0, 0.1) is 6.92 Å². The number of hydrogen-bond donors (Lipinski definition) is 1. The number of nitrogens with zero attached hydrogens (tertiary/aromatic N) is 2. The fourth-order valence-corrected chi connectivity index (χ4v) is 4.14. The topological polar surface area (TPSA) is 88.7 Å². The van der Waals surface area contributed by atoms with Crippen LogP contribution >= 0.6 is 0 Å². The smallest absolute Gasteiger partial charge is 0.250 e. The summed E-state index contributed by atoms with van der Waals surface area (Å²) in [5, 5.41) is 13.2. The molecule has 0 spiro atoms. The number of benzene rings is 2. The molecule has 1 N–H and O–H groups in total. The third-order valence-electron chi connectivity index (χ3n) is 5.21. The molecular weight excluding hydrogens is 400 g/mol. The average Bonchev–Trinajstić information content (AvgIpc) is 2.71. The molecule has 1 heterocycles. The molecule has 0 radical (unpaired) electrons. The van der Waals surface area contributed by atoms with E-state index in [1.54, 1.807) is 43.6 Å². The van der Waals surface area contributed by atoms with Crippen molar-refractivity contribution in [2.24, 2.45) is 12.2 Å². The van der Waals surface area contributed by atoms with Crippen molar-refractivity contribution in [3.63, 3.8) is 0 Å². The largest absolute Gasteiger partial charge is 0.411 e. The Balaban J connectivity index is 2.07. The molecule has 0 aliphatic carbocycles. The van der Waals surface area contributed by atoms with Crippen molar-refractivity contribution >= 4 is 15.5 Å². The van der Waals surface area contributed by atoms with Crippen molar-refractivity contribution in [3.05, 3.63) is 99.5 Å². The second kappa shape index (κ2) is 8.67. The van der Waals surface area contributed by atoms with Crippen LogP contribution in [-0.2, 0) is 16.9 Å². The highest BCUT2D eigenvalue weighted by atomic mass is 32.2. The Morgan fingerprint density at radius 3 is 2.30 bits per heavy atom. The number of rotatable bonds is 6. The monoisotopic (exact) mass is 424 g/mol. The first-order chi connectivity index (χ1) is 14.2. The van der Waals surface area contributed by atoms with E-state index in [2.05, 4.69) is 5.16 Å². The van der Waals surface area contributed by atoms with Crippen LogP contribution in [0.25, 0.3) is 0 Å². The normalized spacial score (nSPS) is 13.2. The molecule has 6 nitrogen and oxygen atoms in total. The van der Waals surface area contributed by atoms with Gasteiger partial charge in [0.1, 0.15) is 0 Å². The minimum absolute atomic E-state index is 0.150. The molecule has 1 unspecified atom stereocenters. The molecule has 0 aliphatic heterocycles. The van der Waals surface area contributed by atoms with E-state index in [0.717, 1.165) is 16.7 Å². The first kappa shape index (κ1) is 21.5. The summed E-state index contributed by atoms with van der Waals surface area (Å²) in [6.45, 7) is 2.01. The lowest BCUT2D eigenvalue weighted by molar-refractivity contribution is 0.317. The molecule has 156 valence electrons. The summed E-state index contributed by atoms with van der Waals surface area (Å²) in [6.07, 6.45) is 3.19. The molecule has 2 aromatic carbocycles.